The van der Waals surface area contributed by atoms with Gasteiger partial charge < -0.3 is 156 Å². The molecule has 1 saturated heterocycles. The maximum absolute atomic E-state index is 14.6. The molecule has 36 N–H and O–H groups in total. The second-order valence-corrected chi connectivity index (χ2v) is 28.2. The summed E-state index contributed by atoms with van der Waals surface area (Å²) in [5, 5.41) is 74.7. The van der Waals surface area contributed by atoms with Crippen LogP contribution in [0.4, 0.5) is 4.79 Å². The van der Waals surface area contributed by atoms with E-state index in [4.69, 9.17) is 45.9 Å². The molecule has 0 unspecified atom stereocenters. The summed E-state index contributed by atoms with van der Waals surface area (Å²) in [6.07, 6.45) is 4.35. The maximum Gasteiger partial charge on any atom is 0.322 e. The summed E-state index contributed by atoms with van der Waals surface area (Å²) < 4.78 is 0. The summed E-state index contributed by atoms with van der Waals surface area (Å²) in [7, 11) is 0. The molecule has 0 bridgehead atoms. The number of guanidine groups is 2. The van der Waals surface area contributed by atoms with Gasteiger partial charge in [0.15, 0.2) is 11.9 Å². The second-order valence-electron chi connectivity index (χ2n) is 28.2. The molecule has 1 aliphatic rings. The van der Waals surface area contributed by atoms with E-state index in [1.807, 2.05) is 0 Å². The monoisotopic (exact) mass is 1670 g/mol. The third kappa shape index (κ3) is 36.9. The lowest BCUT2D eigenvalue weighted by atomic mass is 10.0. The van der Waals surface area contributed by atoms with Crippen LogP contribution in [0.1, 0.15) is 129 Å². The van der Waals surface area contributed by atoms with Crippen molar-refractivity contribution < 1.29 is 97.1 Å². The van der Waals surface area contributed by atoms with E-state index in [1.165, 1.54) is 32.0 Å². The van der Waals surface area contributed by atoms with Gasteiger partial charge in [0.05, 0.1) is 44.6 Å². The van der Waals surface area contributed by atoms with Crippen LogP contribution in [0.5, 0.6) is 0 Å². The Kier molecular flexibility index (Phi) is 45.3. The van der Waals surface area contributed by atoms with E-state index in [2.05, 4.69) is 104 Å². The van der Waals surface area contributed by atoms with Crippen molar-refractivity contribution >= 4 is 107 Å². The Bertz CT molecular complexity index is 3670. The van der Waals surface area contributed by atoms with Crippen molar-refractivity contribution in [3.8, 4) is 0 Å². The average molecular weight is 1670 g/mol. The number of rotatable bonds is 56. The minimum absolute atomic E-state index is 0.00419. The van der Waals surface area contributed by atoms with Gasteiger partial charge in [0.25, 0.3) is 0 Å². The first kappa shape index (κ1) is 100. The molecule has 1 fully saturated rings. The van der Waals surface area contributed by atoms with E-state index in [9.17, 15) is 97.1 Å². The van der Waals surface area contributed by atoms with E-state index in [1.54, 1.807) is 13.8 Å². The minimum atomic E-state index is -1.83. The number of likely N-dealkylation sites (tertiary alicyclic amines) is 1. The Labute approximate surface area is 679 Å². The lowest BCUT2D eigenvalue weighted by Crippen LogP contribution is -2.61. The summed E-state index contributed by atoms with van der Waals surface area (Å²) in [6.45, 7) is 2.05. The molecule has 660 valence electrons. The zero-order valence-corrected chi connectivity index (χ0v) is 66.5. The van der Waals surface area contributed by atoms with Crippen molar-refractivity contribution in [3.63, 3.8) is 0 Å². The second kappa shape index (κ2) is 53.3. The number of nitrogens with zero attached hydrogens (tertiary/aromatic N) is 5. The minimum Gasteiger partial charge on any atom is -0.480 e. The summed E-state index contributed by atoms with van der Waals surface area (Å²) in [6, 6.07) is -20.3. The van der Waals surface area contributed by atoms with Gasteiger partial charge in [-0.25, -0.2) is 14.8 Å². The number of carboxylic acids is 1. The third-order valence-corrected chi connectivity index (χ3v) is 18.2. The number of urea groups is 1. The molecule has 49 nitrogen and oxygen atoms in total. The summed E-state index contributed by atoms with van der Waals surface area (Å²) in [5.41, 5.74) is 45.4. The van der Waals surface area contributed by atoms with Gasteiger partial charge in [-0.2, -0.15) is 0 Å². The van der Waals surface area contributed by atoms with E-state index in [0.29, 0.717) is 24.2 Å². The fraction of sp³-hybridized carbons (Fsp3) is 0.652. The van der Waals surface area contributed by atoms with E-state index < -0.39 is 212 Å². The molecular weight excluding hydrogens is 1550 g/mol. The first-order chi connectivity index (χ1) is 55.9. The van der Waals surface area contributed by atoms with Crippen molar-refractivity contribution in [2.24, 2.45) is 61.8 Å². The molecule has 49 heteroatoms. The number of carbonyl (C=O) groups excluding carboxylic acids is 15. The van der Waals surface area contributed by atoms with Crippen LogP contribution in [0.3, 0.4) is 0 Å². The number of hydrogen-bond acceptors (Lipinski definition) is 26. The predicted molar refractivity (Wildman–Crippen MR) is 421 cm³/mol. The quantitative estimate of drug-likeness (QED) is 0.0166. The number of carboxylic acid groups (broad SMARTS) is 1. The van der Waals surface area contributed by atoms with Crippen LogP contribution in [0, 0.1) is 5.92 Å². The Morgan fingerprint density at radius 3 is 1.42 bits per heavy atom. The normalized spacial score (nSPS) is 15.7. The van der Waals surface area contributed by atoms with E-state index >= 15 is 0 Å². The number of hydrogen-bond donors (Lipinski definition) is 28. The summed E-state index contributed by atoms with van der Waals surface area (Å²) >= 11 is 0. The number of imidazole rings is 2. The topological polar surface area (TPSA) is 816 Å². The highest BCUT2D eigenvalue weighted by atomic mass is 16.4. The number of unbranched alkanes of at least 4 members (excludes halogenated alkanes) is 2. The van der Waals surface area contributed by atoms with Gasteiger partial charge in [0.1, 0.15) is 79.0 Å². The number of aliphatic carboxylic acids is 1. The zero-order valence-electron chi connectivity index (χ0n) is 66.5. The van der Waals surface area contributed by atoms with E-state index in [0.717, 1.165) is 11.8 Å². The number of nitrogens with two attached hydrogens (primary N) is 8. The molecule has 3 rings (SSSR count). The smallest absolute Gasteiger partial charge is 0.322 e. The fourth-order valence-electron chi connectivity index (χ4n) is 11.8. The number of H-pyrrole nitrogens is 2. The molecule has 0 aromatic carbocycles. The Morgan fingerprint density at radius 2 is 0.932 bits per heavy atom. The highest BCUT2D eigenvalue weighted by Gasteiger charge is 2.42. The number of aliphatic imine (C=N–C) groups is 2. The van der Waals surface area contributed by atoms with Crippen LogP contribution in [0.25, 0.3) is 0 Å². The highest BCUT2D eigenvalue weighted by molar-refractivity contribution is 6.00. The number of primary amides is 1. The zero-order chi connectivity index (χ0) is 88.1. The molecule has 2 aromatic heterocycles. The molecule has 0 radical (unpaired) electrons. The number of aliphatic hydroxyl groups excluding tert-OH is 3. The summed E-state index contributed by atoms with van der Waals surface area (Å²) in [4.78, 5) is 240. The number of aromatic amines is 2. The molecule has 0 saturated carbocycles. The van der Waals surface area contributed by atoms with Gasteiger partial charge in [0, 0.05) is 62.8 Å². The van der Waals surface area contributed by atoms with Crippen molar-refractivity contribution in [2.45, 2.75) is 215 Å². The molecule has 1 aliphatic heterocycles. The maximum atomic E-state index is 14.6. The lowest BCUT2D eigenvalue weighted by Gasteiger charge is -2.31. The standard InChI is InChI=1S/C69H119N29O20/c1-35(2)52(64(115)91-42(16-10-22-81-68(75)76)57(108)84-30-51(103)104)96-63(114)49-18-12-24-98(49)66(117)45(17-11-23-82-69(77)118)93-61(112)47(31-99)95-59(110)43(13-5-7-19-70)89-54(105)36(3)87-60(111)46(26-39-28-79-34-86-39)88-50(102)29-83-56(107)41(15-9-21-80-67(73)74)90-58(109)44(14-6-8-20-71)92-65(116)53(37(4)101)97-62(113)48(32-100)94-55(106)40(72)25-38-27-78-33-85-38/h27-28,33-37,40-49,52-53,99-101H,5-26,29-32,70-72H2,1-4H3,(H,78,85)(H,79,86)(H,83,107)(H,84,108)(H,87,111)(H,88,102)(H,89,105)(H,90,109)(H,91,115)(H,92,116)(H,93,112)(H,94,106)(H,95,110)(H,96,114)(H,97,113)(H,103,104)(H4,73,74,80)(H4,75,76,81)(H3,77,82,118)/t36-,37+,40-,41-,42-,43-,44-,45-,46-,47-,48-,49-,52-,53-/m0/s1. The van der Waals surface area contributed by atoms with Crippen LogP contribution >= 0.6 is 0 Å². The molecular formula is C69H119N29O20. The van der Waals surface area contributed by atoms with Gasteiger partial charge in [-0.15, -0.1) is 0 Å². The number of nitrogens with one attached hydrogen (secondary N) is 16. The fourth-order valence-corrected chi connectivity index (χ4v) is 11.8. The van der Waals surface area contributed by atoms with E-state index in [-0.39, 0.29) is 141 Å². The van der Waals surface area contributed by atoms with Gasteiger partial charge in [-0.3, -0.25) is 81.9 Å². The number of aliphatic hydroxyl groups is 3. The first-order valence-electron chi connectivity index (χ1n) is 38.5. The number of amides is 16. The van der Waals surface area contributed by atoms with Crippen molar-refractivity contribution in [1.82, 2.24) is 99.3 Å². The van der Waals surface area contributed by atoms with Crippen LogP contribution in [0.2, 0.25) is 0 Å². The van der Waals surface area contributed by atoms with Crippen molar-refractivity contribution in [3.05, 3.63) is 36.4 Å². The molecule has 118 heavy (non-hydrogen) atoms. The molecule has 14 atom stereocenters. The van der Waals surface area contributed by atoms with Gasteiger partial charge in [-0.1, -0.05) is 13.8 Å². The average Bonchev–Trinajstić information content (AvgIpc) is 1.65. The first-order valence-corrected chi connectivity index (χ1v) is 38.5. The van der Waals surface area contributed by atoms with Crippen LogP contribution in [-0.4, -0.2) is 302 Å². The van der Waals surface area contributed by atoms with Gasteiger partial charge in [-0.05, 0) is 123 Å². The van der Waals surface area contributed by atoms with Crippen molar-refractivity contribution in [1.29, 1.82) is 0 Å². The predicted octanol–water partition coefficient (Wildman–Crippen LogP) is -12.3. The largest absolute Gasteiger partial charge is 0.480 e. The van der Waals surface area contributed by atoms with Crippen LogP contribution in [-0.2, 0) is 84.8 Å². The van der Waals surface area contributed by atoms with Crippen molar-refractivity contribution in [2.75, 3.05) is 65.6 Å². The Hall–Kier alpha value is -12.0. The number of carbonyl (C=O) groups is 16. The molecule has 0 spiro atoms. The Balaban J connectivity index is 1.82. The lowest BCUT2D eigenvalue weighted by molar-refractivity contribution is -0.143. The molecule has 16 amide bonds. The Morgan fingerprint density at radius 1 is 0.492 bits per heavy atom. The SMILES string of the molecule is CC(C)[C@H](NC(=O)[C@@H]1CCCN1C(=O)[C@H](CCCNC(N)=O)NC(=O)[C@H](CO)NC(=O)[C@H](CCCCN)NC(=O)[C@H](C)NC(=O)[C@H](Cc1cnc[nH]1)NC(=O)CNC(=O)[C@H](CCCN=C(N)N)NC(=O)[C@H](CCCCN)NC(=O)[C@@H](NC(=O)[C@H](CO)NC(=O)[C@@H](N)Cc1cnc[nH]1)[C@@H](C)O)C(=O)N[C@@H](CCCN=C(N)N)C(=O)NCC(=O)O. The third-order valence-electron chi connectivity index (χ3n) is 18.2. The molecule has 0 aliphatic carbocycles. The van der Waals surface area contributed by atoms with Crippen LogP contribution < -0.4 is 120 Å². The highest BCUT2D eigenvalue weighted by Crippen LogP contribution is 2.21. The van der Waals surface area contributed by atoms with Gasteiger partial charge >= 0.3 is 12.0 Å². The van der Waals surface area contributed by atoms with Gasteiger partial charge in [0.2, 0.25) is 82.7 Å². The van der Waals surface area contributed by atoms with Crippen LogP contribution in [0.15, 0.2) is 35.0 Å². The number of aromatic nitrogens is 4. The summed E-state index contributed by atoms with van der Waals surface area (Å²) in [5.74, 6) is -16.0. The molecule has 2 aromatic rings. The molecule has 3 heterocycles.